The Labute approximate surface area is 161 Å². The van der Waals surface area contributed by atoms with Crippen LogP contribution in [-0.2, 0) is 15.8 Å². The molecule has 0 N–H and O–H groups in total. The van der Waals surface area contributed by atoms with Crippen molar-refractivity contribution in [2.24, 2.45) is 0 Å². The molecule has 1 aromatic heterocycles. The van der Waals surface area contributed by atoms with Crippen LogP contribution in [0.5, 0.6) is 0 Å². The molecule has 2 aromatic carbocycles. The predicted molar refractivity (Wildman–Crippen MR) is 101 cm³/mol. The number of thioether (sulfide) groups is 1. The van der Waals surface area contributed by atoms with E-state index in [4.69, 9.17) is 11.6 Å². The van der Waals surface area contributed by atoms with Gasteiger partial charge in [0.15, 0.2) is 0 Å². The first-order valence-electron chi connectivity index (χ1n) is 7.56. The second-order valence-electron chi connectivity index (χ2n) is 5.57. The Balaban J connectivity index is 1.79. The van der Waals surface area contributed by atoms with Crippen LogP contribution in [0.25, 0.3) is 5.69 Å². The van der Waals surface area contributed by atoms with E-state index >= 15 is 0 Å². The summed E-state index contributed by atoms with van der Waals surface area (Å²) in [7, 11) is -0.439. The zero-order chi connectivity index (χ0) is 18.7. The molecule has 0 bridgehead atoms. The van der Waals surface area contributed by atoms with Crippen LogP contribution in [0.15, 0.2) is 58.6 Å². The lowest BCUT2D eigenvalue weighted by Crippen LogP contribution is -2.22. The van der Waals surface area contributed by atoms with Crippen molar-refractivity contribution < 1.29 is 8.42 Å². The summed E-state index contributed by atoms with van der Waals surface area (Å²) in [5.74, 6) is 0.532. The van der Waals surface area contributed by atoms with Crippen LogP contribution < -0.4 is 0 Å². The molecule has 3 rings (SSSR count). The van der Waals surface area contributed by atoms with Crippen LogP contribution in [0.4, 0.5) is 0 Å². The van der Waals surface area contributed by atoms with Crippen LogP contribution in [0, 0.1) is 0 Å². The predicted octanol–water partition coefficient (Wildman–Crippen LogP) is 2.86. The summed E-state index contributed by atoms with van der Waals surface area (Å²) in [6.07, 6.45) is 0. The maximum absolute atomic E-state index is 12.3. The number of nitrogens with zero attached hydrogens (tertiary/aromatic N) is 5. The number of sulfonamides is 1. The fourth-order valence-corrected chi connectivity index (χ4v) is 4.10. The topological polar surface area (TPSA) is 81.0 Å². The van der Waals surface area contributed by atoms with E-state index in [-0.39, 0.29) is 4.90 Å². The molecule has 0 fully saturated rings. The average molecular weight is 410 g/mol. The highest BCUT2D eigenvalue weighted by Crippen LogP contribution is 2.24. The monoisotopic (exact) mass is 409 g/mol. The molecule has 0 saturated heterocycles. The number of halogens is 1. The van der Waals surface area contributed by atoms with Crippen LogP contribution in [0.1, 0.15) is 5.56 Å². The van der Waals surface area contributed by atoms with E-state index in [1.54, 1.807) is 35.0 Å². The Hall–Kier alpha value is -1.94. The molecule has 26 heavy (non-hydrogen) atoms. The van der Waals surface area contributed by atoms with Gasteiger partial charge in [-0.3, -0.25) is 0 Å². The molecule has 0 saturated carbocycles. The summed E-state index contributed by atoms with van der Waals surface area (Å²) in [5.41, 5.74) is 1.66. The quantitative estimate of drug-likeness (QED) is 0.582. The van der Waals surface area contributed by atoms with Crippen molar-refractivity contribution in [1.82, 2.24) is 24.5 Å². The number of hydrogen-bond acceptors (Lipinski definition) is 6. The number of tetrazole rings is 1. The SMILES string of the molecule is CN(C)S(=O)(=O)c1cccc(CSc2nnnn2-c2ccc(Cl)cc2)c1. The van der Waals surface area contributed by atoms with E-state index < -0.39 is 10.0 Å². The lowest BCUT2D eigenvalue weighted by Gasteiger charge is -2.12. The highest BCUT2D eigenvalue weighted by molar-refractivity contribution is 7.98. The van der Waals surface area contributed by atoms with Gasteiger partial charge in [0.2, 0.25) is 15.2 Å². The van der Waals surface area contributed by atoms with Crippen LogP contribution in [0.2, 0.25) is 5.02 Å². The average Bonchev–Trinajstić information content (AvgIpc) is 3.09. The first kappa shape index (κ1) is 18.8. The lowest BCUT2D eigenvalue weighted by molar-refractivity contribution is 0.520. The second kappa shape index (κ2) is 7.75. The molecule has 0 aliphatic carbocycles. The summed E-state index contributed by atoms with van der Waals surface area (Å²) >= 11 is 7.33. The van der Waals surface area contributed by atoms with E-state index in [1.807, 2.05) is 18.2 Å². The van der Waals surface area contributed by atoms with Crippen molar-refractivity contribution in [3.05, 3.63) is 59.1 Å². The third-order valence-corrected chi connectivity index (χ3v) is 6.61. The van der Waals surface area contributed by atoms with Crippen molar-refractivity contribution in [2.75, 3.05) is 14.1 Å². The zero-order valence-electron chi connectivity index (χ0n) is 14.1. The summed E-state index contributed by atoms with van der Waals surface area (Å²) in [6, 6.07) is 14.0. The van der Waals surface area contributed by atoms with Gasteiger partial charge in [0, 0.05) is 24.9 Å². The molecular formula is C16H16ClN5O2S2. The van der Waals surface area contributed by atoms with Gasteiger partial charge in [0.05, 0.1) is 10.6 Å². The number of aromatic nitrogens is 4. The summed E-state index contributed by atoms with van der Waals surface area (Å²) in [6.45, 7) is 0. The maximum Gasteiger partial charge on any atom is 0.242 e. The van der Waals surface area contributed by atoms with Crippen molar-refractivity contribution in [1.29, 1.82) is 0 Å². The summed E-state index contributed by atoms with van der Waals surface area (Å²) in [5, 5.41) is 13.0. The third-order valence-electron chi connectivity index (χ3n) is 3.56. The van der Waals surface area contributed by atoms with Gasteiger partial charge in [0.25, 0.3) is 0 Å². The van der Waals surface area contributed by atoms with Gasteiger partial charge in [-0.15, -0.1) is 5.10 Å². The smallest absolute Gasteiger partial charge is 0.207 e. The lowest BCUT2D eigenvalue weighted by atomic mass is 10.2. The number of rotatable bonds is 6. The summed E-state index contributed by atoms with van der Waals surface area (Å²) in [4.78, 5) is 0.262. The first-order valence-corrected chi connectivity index (χ1v) is 10.4. The number of benzene rings is 2. The Kier molecular flexibility index (Phi) is 5.61. The maximum atomic E-state index is 12.3. The van der Waals surface area contributed by atoms with Crippen molar-refractivity contribution in [3.63, 3.8) is 0 Å². The normalized spacial score (nSPS) is 11.8. The minimum absolute atomic E-state index is 0.262. The molecule has 3 aromatic rings. The Morgan fingerprint density at radius 2 is 1.88 bits per heavy atom. The molecular weight excluding hydrogens is 394 g/mol. The van der Waals surface area contributed by atoms with Crippen molar-refractivity contribution in [2.45, 2.75) is 15.8 Å². The second-order valence-corrected chi connectivity index (χ2v) is 9.10. The fraction of sp³-hybridized carbons (Fsp3) is 0.188. The van der Waals surface area contributed by atoms with E-state index in [0.717, 1.165) is 11.3 Å². The van der Waals surface area contributed by atoms with Gasteiger partial charge < -0.3 is 0 Å². The molecule has 136 valence electrons. The van der Waals surface area contributed by atoms with Crippen molar-refractivity contribution in [3.8, 4) is 5.69 Å². The molecule has 0 aliphatic heterocycles. The van der Waals surface area contributed by atoms with Crippen LogP contribution in [0.3, 0.4) is 0 Å². The Morgan fingerprint density at radius 3 is 2.58 bits per heavy atom. The van der Waals surface area contributed by atoms with E-state index in [0.29, 0.717) is 15.9 Å². The van der Waals surface area contributed by atoms with E-state index in [9.17, 15) is 8.42 Å². The molecule has 10 heteroatoms. The van der Waals surface area contributed by atoms with Crippen LogP contribution in [-0.4, -0.2) is 47.0 Å². The molecule has 0 amide bonds. The molecule has 0 spiro atoms. The van der Waals surface area contributed by atoms with Gasteiger partial charge >= 0.3 is 0 Å². The Morgan fingerprint density at radius 1 is 1.15 bits per heavy atom. The first-order chi connectivity index (χ1) is 12.4. The highest BCUT2D eigenvalue weighted by Gasteiger charge is 2.17. The molecule has 0 unspecified atom stereocenters. The molecule has 0 radical (unpaired) electrons. The molecule has 1 heterocycles. The minimum atomic E-state index is -3.46. The Bertz CT molecular complexity index is 1000. The van der Waals surface area contributed by atoms with Crippen molar-refractivity contribution >= 4 is 33.4 Å². The van der Waals surface area contributed by atoms with E-state index in [1.165, 1.54) is 30.2 Å². The standard InChI is InChI=1S/C16H16ClN5O2S2/c1-21(2)26(23,24)15-5-3-4-12(10-15)11-25-16-18-19-20-22(16)14-8-6-13(17)7-9-14/h3-10H,11H2,1-2H3. The molecule has 7 nitrogen and oxygen atoms in total. The molecule has 0 atom stereocenters. The van der Waals surface area contributed by atoms with Gasteiger partial charge in [-0.05, 0) is 52.4 Å². The minimum Gasteiger partial charge on any atom is -0.207 e. The van der Waals surface area contributed by atoms with Crippen LogP contribution >= 0.6 is 23.4 Å². The van der Waals surface area contributed by atoms with Gasteiger partial charge in [-0.25, -0.2) is 12.7 Å². The van der Waals surface area contributed by atoms with Gasteiger partial charge in [0.1, 0.15) is 0 Å². The summed E-state index contributed by atoms with van der Waals surface area (Å²) < 4.78 is 27.3. The fourth-order valence-electron chi connectivity index (χ4n) is 2.17. The highest BCUT2D eigenvalue weighted by atomic mass is 35.5. The zero-order valence-corrected chi connectivity index (χ0v) is 16.5. The van der Waals surface area contributed by atoms with E-state index in [2.05, 4.69) is 15.5 Å². The van der Waals surface area contributed by atoms with Gasteiger partial charge in [-0.2, -0.15) is 4.68 Å². The largest absolute Gasteiger partial charge is 0.242 e. The molecule has 0 aliphatic rings. The number of hydrogen-bond donors (Lipinski definition) is 0. The van der Waals surface area contributed by atoms with Gasteiger partial charge in [-0.1, -0.05) is 35.5 Å². The third kappa shape index (κ3) is 4.07.